The molecule has 4 amide bonds. The van der Waals surface area contributed by atoms with E-state index in [9.17, 15) is 19.2 Å². The Morgan fingerprint density at radius 3 is 1.28 bits per heavy atom. The molecule has 2 aliphatic carbocycles. The highest BCUT2D eigenvalue weighted by molar-refractivity contribution is 6.04. The zero-order chi connectivity index (χ0) is 42.1. The first-order valence-electron chi connectivity index (χ1n) is 20.2. The van der Waals surface area contributed by atoms with Gasteiger partial charge in [-0.15, -0.1) is 0 Å². The smallest absolute Gasteiger partial charge is 0.257 e. The molecule has 0 aromatic heterocycles. The van der Waals surface area contributed by atoms with Crippen molar-refractivity contribution in [2.75, 3.05) is 69.7 Å². The van der Waals surface area contributed by atoms with E-state index < -0.39 is 0 Å². The van der Waals surface area contributed by atoms with Crippen molar-refractivity contribution in [3.63, 3.8) is 0 Å². The van der Waals surface area contributed by atoms with Crippen LogP contribution in [0.4, 0.5) is 0 Å². The number of nitrogens with two attached hydrogens (primary N) is 1. The highest BCUT2D eigenvalue weighted by Gasteiger charge is 2.31. The van der Waals surface area contributed by atoms with E-state index in [0.29, 0.717) is 68.9 Å². The second-order valence-electron chi connectivity index (χ2n) is 15.8. The SMILES string of the molecule is COc1cc(OC)c(C(=O)N[C@H]2CC[C@@H](NC(=O)c3cc(C(=O)N4CCC(N)CC4)c(OC)cc3OC)CC2)cc1C(=O)N[C@H]1CC[C@@H](N=C(N(C)C)N(C)C)CC1. The molecule has 1 saturated heterocycles. The van der Waals surface area contributed by atoms with Gasteiger partial charge < -0.3 is 55.3 Å². The zero-order valence-corrected chi connectivity index (χ0v) is 35.3. The first-order chi connectivity index (χ1) is 27.8. The molecule has 58 heavy (non-hydrogen) atoms. The second-order valence-corrected chi connectivity index (χ2v) is 15.8. The van der Waals surface area contributed by atoms with Crippen LogP contribution in [0.3, 0.4) is 0 Å². The van der Waals surface area contributed by atoms with Gasteiger partial charge in [-0.05, 0) is 76.3 Å². The summed E-state index contributed by atoms with van der Waals surface area (Å²) in [6, 6.07) is 6.10. The molecule has 0 radical (unpaired) electrons. The molecule has 0 spiro atoms. The average Bonchev–Trinajstić information content (AvgIpc) is 3.22. The molecule has 3 fully saturated rings. The molecule has 0 unspecified atom stereocenters. The molecule has 16 heteroatoms. The van der Waals surface area contributed by atoms with Crippen molar-refractivity contribution in [3.8, 4) is 23.0 Å². The number of carbonyl (C=O) groups is 4. The van der Waals surface area contributed by atoms with Gasteiger partial charge in [0.25, 0.3) is 23.6 Å². The van der Waals surface area contributed by atoms with Gasteiger partial charge in [0.2, 0.25) is 0 Å². The van der Waals surface area contributed by atoms with Crippen molar-refractivity contribution >= 4 is 29.6 Å². The van der Waals surface area contributed by atoms with Gasteiger partial charge in [0.1, 0.15) is 23.0 Å². The number of piperidine rings is 1. The zero-order valence-electron chi connectivity index (χ0n) is 35.3. The number of ether oxygens (including phenoxy) is 4. The Balaban J connectivity index is 1.19. The Morgan fingerprint density at radius 2 is 0.914 bits per heavy atom. The maximum atomic E-state index is 13.7. The molecule has 318 valence electrons. The molecule has 0 atom stereocenters. The number of nitrogens with zero attached hydrogens (tertiary/aromatic N) is 4. The van der Waals surface area contributed by atoms with Gasteiger partial charge in [-0.1, -0.05) is 0 Å². The van der Waals surface area contributed by atoms with E-state index in [1.165, 1.54) is 34.5 Å². The summed E-state index contributed by atoms with van der Waals surface area (Å²) in [7, 11) is 13.8. The monoisotopic (exact) mass is 806 g/mol. The quantitative estimate of drug-likeness (QED) is 0.182. The predicted octanol–water partition coefficient (Wildman–Crippen LogP) is 3.28. The van der Waals surface area contributed by atoms with Crippen LogP contribution in [0.15, 0.2) is 29.3 Å². The van der Waals surface area contributed by atoms with Gasteiger partial charge in [0.15, 0.2) is 5.96 Å². The minimum Gasteiger partial charge on any atom is -0.496 e. The first kappa shape index (κ1) is 43.9. The summed E-state index contributed by atoms with van der Waals surface area (Å²) in [6.07, 6.45) is 7.13. The number of methoxy groups -OCH3 is 4. The average molecular weight is 807 g/mol. The van der Waals surface area contributed by atoms with Gasteiger partial charge in [0.05, 0.1) is 56.7 Å². The van der Waals surface area contributed by atoms with Crippen LogP contribution in [0.2, 0.25) is 0 Å². The topological polar surface area (TPSA) is 189 Å². The largest absolute Gasteiger partial charge is 0.496 e. The second kappa shape index (κ2) is 19.9. The van der Waals surface area contributed by atoms with Crippen LogP contribution in [0.25, 0.3) is 0 Å². The Bertz CT molecular complexity index is 1800. The number of likely N-dealkylation sites (tertiary alicyclic amines) is 1. The Hall–Kier alpha value is -5.25. The van der Waals surface area contributed by atoms with Crippen molar-refractivity contribution in [1.82, 2.24) is 30.7 Å². The third-order valence-corrected chi connectivity index (χ3v) is 11.4. The van der Waals surface area contributed by atoms with Crippen LogP contribution in [0, 0.1) is 0 Å². The molecule has 5 N–H and O–H groups in total. The van der Waals surface area contributed by atoms with Crippen LogP contribution >= 0.6 is 0 Å². The molecule has 0 bridgehead atoms. The molecule has 1 aliphatic heterocycles. The number of amides is 4. The minimum absolute atomic E-state index is 0.0318. The maximum absolute atomic E-state index is 13.7. The fourth-order valence-electron chi connectivity index (χ4n) is 8.09. The number of hydrogen-bond acceptors (Lipinski definition) is 10. The lowest BCUT2D eigenvalue weighted by Crippen LogP contribution is -2.44. The fraction of sp³-hybridized carbons (Fsp3) is 0.595. The lowest BCUT2D eigenvalue weighted by Gasteiger charge is -2.31. The van der Waals surface area contributed by atoms with E-state index in [1.54, 1.807) is 23.1 Å². The van der Waals surface area contributed by atoms with Crippen molar-refractivity contribution < 1.29 is 38.1 Å². The van der Waals surface area contributed by atoms with E-state index >= 15 is 0 Å². The molecule has 2 saturated carbocycles. The third-order valence-electron chi connectivity index (χ3n) is 11.4. The molecule has 2 aromatic carbocycles. The van der Waals surface area contributed by atoms with Crippen LogP contribution in [-0.2, 0) is 0 Å². The standard InChI is InChI=1S/C42H62N8O8/c1-48(2)42(49(3)4)47-29-15-13-28(14-16-29)45-39(52)31-21-30(34(55-5)23-35(31)56-6)38(51)44-26-9-11-27(12-10-26)46-40(53)32-22-33(37(58-8)24-36(32)57-7)41(54)50-19-17-25(43)18-20-50/h21-29H,9-20,43H2,1-8H3,(H,44,51)(H,45,52)(H,46,53)/t26-,27+,28-,29+. The molecular formula is C42H62N8O8. The normalized spacial score (nSPS) is 20.9. The number of rotatable bonds is 12. The van der Waals surface area contributed by atoms with Crippen molar-refractivity contribution in [1.29, 1.82) is 0 Å². The fourth-order valence-corrected chi connectivity index (χ4v) is 8.09. The summed E-state index contributed by atoms with van der Waals surface area (Å²) < 4.78 is 22.2. The number of carbonyl (C=O) groups excluding carboxylic acids is 4. The molecule has 2 aromatic rings. The Morgan fingerprint density at radius 1 is 0.569 bits per heavy atom. The first-order valence-corrected chi connectivity index (χ1v) is 20.2. The molecule has 16 nitrogen and oxygen atoms in total. The van der Waals surface area contributed by atoms with Crippen molar-refractivity contribution in [2.24, 2.45) is 10.7 Å². The number of benzene rings is 2. The van der Waals surface area contributed by atoms with Gasteiger partial charge >= 0.3 is 0 Å². The number of hydrogen-bond donors (Lipinski definition) is 4. The molecule has 5 rings (SSSR count). The van der Waals surface area contributed by atoms with E-state index in [1.807, 2.05) is 38.0 Å². The van der Waals surface area contributed by atoms with Crippen LogP contribution in [0.5, 0.6) is 23.0 Å². The highest BCUT2D eigenvalue weighted by Crippen LogP contribution is 2.33. The van der Waals surface area contributed by atoms with Crippen molar-refractivity contribution in [2.45, 2.75) is 94.4 Å². The lowest BCUT2D eigenvalue weighted by molar-refractivity contribution is 0.0710. The third kappa shape index (κ3) is 10.6. The summed E-state index contributed by atoms with van der Waals surface area (Å²) in [5.41, 5.74) is 7.05. The number of aliphatic imine (C=N–C) groups is 1. The number of guanidine groups is 1. The van der Waals surface area contributed by atoms with E-state index in [4.69, 9.17) is 29.7 Å². The van der Waals surface area contributed by atoms with Crippen LogP contribution < -0.4 is 40.6 Å². The maximum Gasteiger partial charge on any atom is 0.257 e. The molecule has 3 aliphatic rings. The lowest BCUT2D eigenvalue weighted by atomic mass is 9.90. The molecular weight excluding hydrogens is 745 g/mol. The van der Waals surface area contributed by atoms with Gasteiger partial charge in [-0.25, -0.2) is 4.99 Å². The van der Waals surface area contributed by atoms with E-state index in [0.717, 1.165) is 31.6 Å². The number of nitrogens with one attached hydrogen (secondary N) is 3. The Kier molecular flexibility index (Phi) is 15.1. The summed E-state index contributed by atoms with van der Waals surface area (Å²) in [5, 5.41) is 9.37. The van der Waals surface area contributed by atoms with Crippen molar-refractivity contribution in [3.05, 3.63) is 46.5 Å². The molecule has 1 heterocycles. The summed E-state index contributed by atoms with van der Waals surface area (Å²) in [6.45, 7) is 1.07. The highest BCUT2D eigenvalue weighted by atomic mass is 16.5. The van der Waals surface area contributed by atoms with Crippen LogP contribution in [-0.4, -0.2) is 144 Å². The predicted molar refractivity (Wildman–Crippen MR) is 222 cm³/mol. The Labute approximate surface area is 342 Å². The van der Waals surface area contributed by atoms with Gasteiger partial charge in [-0.3, -0.25) is 19.2 Å². The van der Waals surface area contributed by atoms with E-state index in [2.05, 4.69) is 16.0 Å². The minimum atomic E-state index is -0.368. The van der Waals surface area contributed by atoms with Gasteiger partial charge in [0, 0.05) is 77.6 Å². The van der Waals surface area contributed by atoms with Gasteiger partial charge in [-0.2, -0.15) is 0 Å². The van der Waals surface area contributed by atoms with Crippen LogP contribution in [0.1, 0.15) is 106 Å². The summed E-state index contributed by atoms with van der Waals surface area (Å²) >= 11 is 0. The summed E-state index contributed by atoms with van der Waals surface area (Å²) in [4.78, 5) is 65.2. The summed E-state index contributed by atoms with van der Waals surface area (Å²) in [5.74, 6) is 0.866. The van der Waals surface area contributed by atoms with E-state index in [-0.39, 0.29) is 81.8 Å².